The lowest BCUT2D eigenvalue weighted by molar-refractivity contribution is -1.92. The lowest BCUT2D eigenvalue weighted by atomic mass is 10.1. The van der Waals surface area contributed by atoms with Crippen molar-refractivity contribution in [2.24, 2.45) is 0 Å². The number of nitrogens with zero attached hydrogens (tertiary/aromatic N) is 1. The van der Waals surface area contributed by atoms with Crippen LogP contribution in [0.5, 0.6) is 0 Å². The molecule has 1 aliphatic rings. The summed E-state index contributed by atoms with van der Waals surface area (Å²) >= 11 is 0. The summed E-state index contributed by atoms with van der Waals surface area (Å²) in [6.45, 7) is 4.75. The number of hydrogen-bond acceptors (Lipinski definition) is 6. The fourth-order valence-electron chi connectivity index (χ4n) is 2.46. The number of hydrogen-bond donors (Lipinski definition) is 2. The molecular weight excluding hydrogens is 324 g/mol. The molecule has 1 saturated heterocycles. The molecule has 2 rings (SSSR count). The van der Waals surface area contributed by atoms with Crippen LogP contribution in [0.25, 0.3) is 0 Å². The second kappa shape index (κ2) is 9.82. The summed E-state index contributed by atoms with van der Waals surface area (Å²) in [6, 6.07) is 8.03. The van der Waals surface area contributed by atoms with Crippen LogP contribution in [0.1, 0.15) is 31.7 Å². The third kappa shape index (κ3) is 9.50. The van der Waals surface area contributed by atoms with Gasteiger partial charge in [0.1, 0.15) is 0 Å². The van der Waals surface area contributed by atoms with Gasteiger partial charge in [0.25, 0.3) is 0 Å². The molecule has 1 aromatic carbocycles. The van der Waals surface area contributed by atoms with Crippen LogP contribution in [-0.2, 0) is 11.2 Å². The number of para-hydroxylation sites is 1. The highest BCUT2D eigenvalue weighted by Gasteiger charge is 2.14. The smallest absolute Gasteiger partial charge is 0.238 e. The molecule has 0 radical (unpaired) electrons. The number of halogens is 1. The number of carbonyl (C=O) groups excluding carboxylic acids is 1. The van der Waals surface area contributed by atoms with Gasteiger partial charge in [-0.25, -0.2) is 0 Å². The highest BCUT2D eigenvalue weighted by Crippen LogP contribution is 2.15. The highest BCUT2D eigenvalue weighted by atomic mass is 35.7. The van der Waals surface area contributed by atoms with E-state index in [4.69, 9.17) is 18.6 Å². The van der Waals surface area contributed by atoms with Gasteiger partial charge in [0, 0.05) is 5.69 Å². The number of likely N-dealkylation sites (tertiary alicyclic amines) is 1. The lowest BCUT2D eigenvalue weighted by Crippen LogP contribution is -2.58. The molecule has 0 saturated carbocycles. The topological polar surface area (TPSA) is 122 Å². The van der Waals surface area contributed by atoms with E-state index < -0.39 is 10.2 Å². The predicted molar refractivity (Wildman–Crippen MR) is 77.0 cm³/mol. The first kappa shape index (κ1) is 19.8. The second-order valence-electron chi connectivity index (χ2n) is 5.29. The Labute approximate surface area is 138 Å². The average molecular weight is 347 g/mol. The van der Waals surface area contributed by atoms with Crippen molar-refractivity contribution >= 4 is 11.6 Å². The average Bonchev–Trinajstić information content (AvgIpc) is 2.47. The van der Waals surface area contributed by atoms with E-state index in [2.05, 4.69) is 23.2 Å². The van der Waals surface area contributed by atoms with Gasteiger partial charge in [0.05, 0.1) is 21.4 Å². The van der Waals surface area contributed by atoms with Crippen LogP contribution < -0.4 is 19.3 Å². The Balaban J connectivity index is 0.000000463. The van der Waals surface area contributed by atoms with Crippen molar-refractivity contribution in [2.45, 2.75) is 32.6 Å². The number of aryl methyl sites for hydroxylation is 1. The van der Waals surface area contributed by atoms with E-state index >= 15 is 0 Å². The van der Waals surface area contributed by atoms with Crippen molar-refractivity contribution in [1.82, 2.24) is 4.90 Å². The van der Waals surface area contributed by atoms with Gasteiger partial charge in [-0.05, 0) is 44.0 Å². The van der Waals surface area contributed by atoms with E-state index in [0.29, 0.717) is 6.54 Å². The van der Waals surface area contributed by atoms with Gasteiger partial charge in [0.2, 0.25) is 5.91 Å². The molecule has 8 heteroatoms. The molecule has 0 aromatic heterocycles. The fourth-order valence-corrected chi connectivity index (χ4v) is 2.46. The maximum atomic E-state index is 12.0. The maximum Gasteiger partial charge on any atom is 0.238 e. The monoisotopic (exact) mass is 346 g/mol. The van der Waals surface area contributed by atoms with Crippen LogP contribution in [0, 0.1) is 10.2 Å². The van der Waals surface area contributed by atoms with Gasteiger partial charge in [-0.2, -0.15) is 14.0 Å². The summed E-state index contributed by atoms with van der Waals surface area (Å²) in [7, 11) is -4.69. The van der Waals surface area contributed by atoms with Crippen LogP contribution in [0.3, 0.4) is 0 Å². The Morgan fingerprint density at radius 2 is 1.78 bits per heavy atom. The van der Waals surface area contributed by atoms with Gasteiger partial charge < -0.3 is 5.32 Å². The minimum Gasteiger partial charge on any atom is -0.325 e. The van der Waals surface area contributed by atoms with Gasteiger partial charge in [-0.1, -0.05) is 31.5 Å². The Kier molecular flexibility index (Phi) is 8.46. The molecule has 0 bridgehead atoms. The van der Waals surface area contributed by atoms with Gasteiger partial charge in [-0.3, -0.25) is 9.69 Å². The Hall–Kier alpha value is -1.22. The van der Waals surface area contributed by atoms with Crippen LogP contribution in [-0.4, -0.2) is 35.1 Å². The molecule has 0 unspecified atom stereocenters. The molecule has 1 aromatic rings. The molecule has 2 N–H and O–H groups in total. The van der Waals surface area contributed by atoms with E-state index in [9.17, 15) is 4.79 Å². The number of amides is 1. The first-order valence-corrected chi connectivity index (χ1v) is 8.79. The predicted octanol–water partition coefficient (Wildman–Crippen LogP) is -1.45. The zero-order chi connectivity index (χ0) is 17.3. The molecule has 1 aliphatic heterocycles. The minimum absolute atomic E-state index is 0.109. The quantitative estimate of drug-likeness (QED) is 0.687. The van der Waals surface area contributed by atoms with Crippen molar-refractivity contribution in [3.63, 3.8) is 0 Å². The molecular formula is C15H23ClN2O5. The van der Waals surface area contributed by atoms with Crippen molar-refractivity contribution in [3.8, 4) is 0 Å². The van der Waals surface area contributed by atoms with Gasteiger partial charge >= 0.3 is 0 Å². The third-order valence-electron chi connectivity index (χ3n) is 3.49. The van der Waals surface area contributed by atoms with Crippen molar-refractivity contribution in [1.29, 1.82) is 0 Å². The summed E-state index contributed by atoms with van der Waals surface area (Å²) in [5, 5.41) is 3.03. The molecule has 130 valence electrons. The second-order valence-corrected chi connectivity index (χ2v) is 6.08. The first-order chi connectivity index (χ1) is 10.8. The molecule has 0 spiro atoms. The third-order valence-corrected chi connectivity index (χ3v) is 3.49. The highest BCUT2D eigenvalue weighted by molar-refractivity contribution is 5.93. The van der Waals surface area contributed by atoms with Crippen LogP contribution in [0.15, 0.2) is 24.3 Å². The number of anilines is 1. The van der Waals surface area contributed by atoms with Crippen molar-refractivity contribution in [2.75, 3.05) is 25.0 Å². The van der Waals surface area contributed by atoms with E-state index in [0.717, 1.165) is 25.2 Å². The summed E-state index contributed by atoms with van der Waals surface area (Å²) in [6.07, 6.45) is 4.69. The van der Waals surface area contributed by atoms with Gasteiger partial charge in [0.15, 0.2) is 0 Å². The Morgan fingerprint density at radius 3 is 2.35 bits per heavy atom. The van der Waals surface area contributed by atoms with Gasteiger partial charge in [-0.15, -0.1) is 0 Å². The Morgan fingerprint density at radius 1 is 1.22 bits per heavy atom. The zero-order valence-corrected chi connectivity index (χ0v) is 13.9. The maximum absolute atomic E-state index is 12.0. The molecule has 0 aliphatic carbocycles. The number of carbonyl (C=O) groups is 1. The van der Waals surface area contributed by atoms with Crippen LogP contribution >= 0.6 is 0 Å². The van der Waals surface area contributed by atoms with Crippen LogP contribution in [0.4, 0.5) is 5.69 Å². The SMILES string of the molecule is CCc1ccccc1NC(=O)CN1CCCCC1.[O-][Cl+3]([O-])([O-])O. The molecule has 1 fully saturated rings. The molecule has 1 heterocycles. The van der Waals surface area contributed by atoms with E-state index in [1.54, 1.807) is 0 Å². The standard InChI is InChI=1S/C15H22N2O.ClHO4/c1-2-13-8-4-5-9-14(13)16-15(18)12-17-10-6-3-7-11-17;2-1(3,4)5/h4-5,8-9H,2-3,6-7,10-12H2,1H3,(H,16,18);(H,2,3,4,5). The van der Waals surface area contributed by atoms with E-state index in [-0.39, 0.29) is 5.91 Å². The summed E-state index contributed by atoms with van der Waals surface area (Å²) in [5.41, 5.74) is 2.16. The molecule has 0 atom stereocenters. The normalized spacial score (nSPS) is 15.5. The van der Waals surface area contributed by atoms with E-state index in [1.807, 2.05) is 18.2 Å². The van der Waals surface area contributed by atoms with Crippen LogP contribution in [0.2, 0.25) is 0 Å². The fraction of sp³-hybridized carbons (Fsp3) is 0.533. The number of rotatable bonds is 4. The number of nitrogens with one attached hydrogen (secondary N) is 1. The molecule has 7 nitrogen and oxygen atoms in total. The Bertz CT molecular complexity index is 481. The van der Waals surface area contributed by atoms with Crippen molar-refractivity contribution in [3.05, 3.63) is 29.8 Å². The largest absolute Gasteiger partial charge is 0.325 e. The molecule has 23 heavy (non-hydrogen) atoms. The van der Waals surface area contributed by atoms with E-state index in [1.165, 1.54) is 24.8 Å². The summed E-state index contributed by atoms with van der Waals surface area (Å²) < 4.78 is 32.7. The zero-order valence-electron chi connectivity index (χ0n) is 13.2. The molecule has 1 amide bonds. The summed E-state index contributed by atoms with van der Waals surface area (Å²) in [5.74, 6) is 0.109. The first-order valence-electron chi connectivity index (χ1n) is 7.53. The van der Waals surface area contributed by atoms with Crippen molar-refractivity contribution < 1.29 is 33.7 Å². The number of benzene rings is 1. The minimum atomic E-state index is -4.69. The lowest BCUT2D eigenvalue weighted by Gasteiger charge is -2.25. The number of piperidine rings is 1. The summed E-state index contributed by atoms with van der Waals surface area (Å²) in [4.78, 5) is 14.2.